The maximum Gasteiger partial charge on any atom is 0.0538 e. The van der Waals surface area contributed by atoms with Crippen LogP contribution in [0.2, 0.25) is 0 Å². The smallest absolute Gasteiger partial charge is 0.0538 e. The molecule has 1 atom stereocenters. The molecule has 0 saturated carbocycles. The zero-order valence-electron chi connectivity index (χ0n) is 8.62. The van der Waals surface area contributed by atoms with Crippen LogP contribution in [0.5, 0.6) is 0 Å². The molecule has 0 bridgehead atoms. The first-order chi connectivity index (χ1) is 6.77. The van der Waals surface area contributed by atoms with Gasteiger partial charge in [-0.15, -0.1) is 11.8 Å². The molecule has 0 aliphatic carbocycles. The zero-order chi connectivity index (χ0) is 10.4. The largest absolute Gasteiger partial charge is 0.275 e. The van der Waals surface area contributed by atoms with Crippen molar-refractivity contribution >= 4 is 0 Å². The van der Waals surface area contributed by atoms with E-state index in [0.717, 1.165) is 18.4 Å². The molecule has 1 aromatic rings. The fourth-order valence-corrected chi connectivity index (χ4v) is 1.31. The normalized spacial score (nSPS) is 11.9. The topological polar surface area (TPSA) is 55.9 Å². The molecule has 0 spiro atoms. The number of hydrazine groups is 1. The zero-order valence-corrected chi connectivity index (χ0v) is 8.62. The van der Waals surface area contributed by atoms with Gasteiger partial charge in [-0.25, -0.2) is 0 Å². The maximum atomic E-state index is 5.46. The third kappa shape index (κ3) is 2.87. The van der Waals surface area contributed by atoms with Crippen molar-refractivity contribution in [1.29, 1.82) is 0 Å². The van der Waals surface area contributed by atoms with Crippen LogP contribution in [0, 0.1) is 11.8 Å². The summed E-state index contributed by atoms with van der Waals surface area (Å²) in [6.07, 6.45) is 5.54. The summed E-state index contributed by atoms with van der Waals surface area (Å²) < 4.78 is 1.77. The summed E-state index contributed by atoms with van der Waals surface area (Å²) in [4.78, 5) is 0. The number of hydrogen-bond donors (Lipinski definition) is 2. The molecule has 0 amide bonds. The number of aromatic nitrogens is 2. The van der Waals surface area contributed by atoms with E-state index >= 15 is 0 Å². The number of nitrogens with zero attached hydrogens (tertiary/aromatic N) is 2. The van der Waals surface area contributed by atoms with Gasteiger partial charge in [0.2, 0.25) is 0 Å². The van der Waals surface area contributed by atoms with E-state index in [9.17, 15) is 0 Å². The lowest BCUT2D eigenvalue weighted by molar-refractivity contribution is 0.523. The molecule has 0 fully saturated rings. The first-order valence-electron chi connectivity index (χ1n) is 4.62. The van der Waals surface area contributed by atoms with Crippen LogP contribution < -0.4 is 11.3 Å². The first-order valence-corrected chi connectivity index (χ1v) is 4.62. The number of nitrogens with one attached hydrogen (secondary N) is 1. The standard InChI is InChI=1S/C10H16N4/c1-3-4-5-6-10(13-11)9-7-12-14(2)8-9/h7-8,10,13H,5-6,11H2,1-2H3. The van der Waals surface area contributed by atoms with E-state index in [1.165, 1.54) is 0 Å². The van der Waals surface area contributed by atoms with Crippen molar-refractivity contribution < 1.29 is 0 Å². The molecular weight excluding hydrogens is 176 g/mol. The van der Waals surface area contributed by atoms with Crippen LogP contribution in [0.25, 0.3) is 0 Å². The monoisotopic (exact) mass is 192 g/mol. The van der Waals surface area contributed by atoms with Gasteiger partial charge in [-0.2, -0.15) is 5.10 Å². The molecule has 14 heavy (non-hydrogen) atoms. The summed E-state index contributed by atoms with van der Waals surface area (Å²) in [6, 6.07) is 0.143. The number of aryl methyl sites for hydroxylation is 1. The van der Waals surface area contributed by atoms with Gasteiger partial charge in [0.1, 0.15) is 0 Å². The van der Waals surface area contributed by atoms with Gasteiger partial charge in [0.05, 0.1) is 6.20 Å². The van der Waals surface area contributed by atoms with E-state index in [-0.39, 0.29) is 6.04 Å². The lowest BCUT2D eigenvalue weighted by Gasteiger charge is -2.11. The Morgan fingerprint density at radius 2 is 2.50 bits per heavy atom. The van der Waals surface area contributed by atoms with Crippen LogP contribution >= 0.6 is 0 Å². The van der Waals surface area contributed by atoms with Crippen molar-refractivity contribution in [2.24, 2.45) is 12.9 Å². The summed E-state index contributed by atoms with van der Waals surface area (Å²) in [6.45, 7) is 1.84. The van der Waals surface area contributed by atoms with Crippen molar-refractivity contribution in [2.45, 2.75) is 25.8 Å². The molecular formula is C10H16N4. The number of nitrogens with two attached hydrogens (primary N) is 1. The van der Waals surface area contributed by atoms with Gasteiger partial charge in [-0.1, -0.05) is 0 Å². The molecule has 76 valence electrons. The van der Waals surface area contributed by atoms with Crippen LogP contribution in [0.1, 0.15) is 31.4 Å². The maximum absolute atomic E-state index is 5.46. The van der Waals surface area contributed by atoms with Crippen molar-refractivity contribution in [3.8, 4) is 11.8 Å². The summed E-state index contributed by atoms with van der Waals surface area (Å²) in [5, 5.41) is 4.10. The van der Waals surface area contributed by atoms with Crippen molar-refractivity contribution in [3.63, 3.8) is 0 Å². The highest BCUT2D eigenvalue weighted by Crippen LogP contribution is 2.15. The molecule has 3 N–H and O–H groups in total. The van der Waals surface area contributed by atoms with Gasteiger partial charge >= 0.3 is 0 Å². The highest BCUT2D eigenvalue weighted by atomic mass is 15.3. The van der Waals surface area contributed by atoms with Crippen molar-refractivity contribution in [2.75, 3.05) is 0 Å². The second-order valence-electron chi connectivity index (χ2n) is 3.13. The van der Waals surface area contributed by atoms with Gasteiger partial charge in [0, 0.05) is 31.3 Å². The van der Waals surface area contributed by atoms with Gasteiger partial charge < -0.3 is 0 Å². The Morgan fingerprint density at radius 3 is 3.00 bits per heavy atom. The molecule has 0 aromatic carbocycles. The molecule has 0 aliphatic rings. The number of hydrogen-bond acceptors (Lipinski definition) is 3. The summed E-state index contributed by atoms with van der Waals surface area (Å²) in [7, 11) is 1.89. The third-order valence-electron chi connectivity index (χ3n) is 2.06. The summed E-state index contributed by atoms with van der Waals surface area (Å²) >= 11 is 0. The third-order valence-corrected chi connectivity index (χ3v) is 2.06. The Balaban J connectivity index is 2.56. The van der Waals surface area contributed by atoms with Crippen molar-refractivity contribution in [3.05, 3.63) is 18.0 Å². The summed E-state index contributed by atoms with van der Waals surface area (Å²) in [5.41, 5.74) is 3.87. The Labute approximate surface area is 84.5 Å². The SMILES string of the molecule is CC#CCCC(NN)c1cnn(C)c1. The van der Waals surface area contributed by atoms with Gasteiger partial charge in [-0.3, -0.25) is 16.0 Å². The molecule has 0 radical (unpaired) electrons. The average molecular weight is 192 g/mol. The molecule has 0 saturated heterocycles. The van der Waals surface area contributed by atoms with Crippen LogP contribution in [0.3, 0.4) is 0 Å². The minimum atomic E-state index is 0.143. The van der Waals surface area contributed by atoms with E-state index in [4.69, 9.17) is 5.84 Å². The van der Waals surface area contributed by atoms with Crippen LogP contribution in [-0.4, -0.2) is 9.78 Å². The molecule has 1 rings (SSSR count). The van der Waals surface area contributed by atoms with E-state index in [2.05, 4.69) is 22.4 Å². The van der Waals surface area contributed by atoms with E-state index in [0.29, 0.717) is 0 Å². The Hall–Kier alpha value is -1.31. The minimum Gasteiger partial charge on any atom is -0.275 e. The summed E-state index contributed by atoms with van der Waals surface area (Å²) in [5.74, 6) is 11.3. The van der Waals surface area contributed by atoms with Gasteiger partial charge in [0.15, 0.2) is 0 Å². The van der Waals surface area contributed by atoms with E-state index in [1.807, 2.05) is 26.4 Å². The highest BCUT2D eigenvalue weighted by molar-refractivity contribution is 5.10. The van der Waals surface area contributed by atoms with Crippen LogP contribution in [-0.2, 0) is 7.05 Å². The molecule has 1 unspecified atom stereocenters. The number of rotatable bonds is 4. The van der Waals surface area contributed by atoms with Crippen LogP contribution in [0.4, 0.5) is 0 Å². The highest BCUT2D eigenvalue weighted by Gasteiger charge is 2.09. The fourth-order valence-electron chi connectivity index (χ4n) is 1.31. The lowest BCUT2D eigenvalue weighted by atomic mass is 10.1. The first kappa shape index (κ1) is 10.8. The quantitative estimate of drug-likeness (QED) is 0.420. The fraction of sp³-hybridized carbons (Fsp3) is 0.500. The van der Waals surface area contributed by atoms with E-state index in [1.54, 1.807) is 4.68 Å². The lowest BCUT2D eigenvalue weighted by Crippen LogP contribution is -2.27. The van der Waals surface area contributed by atoms with Crippen molar-refractivity contribution in [1.82, 2.24) is 15.2 Å². The Kier molecular flexibility index (Phi) is 4.17. The molecule has 1 heterocycles. The molecule has 4 nitrogen and oxygen atoms in total. The predicted molar refractivity (Wildman–Crippen MR) is 56.0 cm³/mol. The molecule has 4 heteroatoms. The second kappa shape index (κ2) is 5.43. The second-order valence-corrected chi connectivity index (χ2v) is 3.13. The average Bonchev–Trinajstić information content (AvgIpc) is 2.60. The Morgan fingerprint density at radius 1 is 1.71 bits per heavy atom. The molecule has 1 aromatic heterocycles. The van der Waals surface area contributed by atoms with Gasteiger partial charge in [0.25, 0.3) is 0 Å². The molecule has 0 aliphatic heterocycles. The van der Waals surface area contributed by atoms with Crippen LogP contribution in [0.15, 0.2) is 12.4 Å². The predicted octanol–water partition coefficient (Wildman–Crippen LogP) is 0.728. The van der Waals surface area contributed by atoms with E-state index < -0.39 is 0 Å². The minimum absolute atomic E-state index is 0.143. The Bertz CT molecular complexity index is 331. The van der Waals surface area contributed by atoms with Gasteiger partial charge in [-0.05, 0) is 13.3 Å².